The first kappa shape index (κ1) is 9.66. The summed E-state index contributed by atoms with van der Waals surface area (Å²) in [7, 11) is 1.81. The Morgan fingerprint density at radius 3 is 3.15 bits per heavy atom. The number of rotatable bonds is 5. The Morgan fingerprint density at radius 1 is 1.69 bits per heavy atom. The van der Waals surface area contributed by atoms with Gasteiger partial charge in [0.15, 0.2) is 0 Å². The van der Waals surface area contributed by atoms with Gasteiger partial charge in [-0.05, 0) is 7.05 Å². The number of nitrogens with one attached hydrogen (secondary N) is 3. The van der Waals surface area contributed by atoms with E-state index in [2.05, 4.69) is 25.8 Å². The van der Waals surface area contributed by atoms with E-state index in [0.29, 0.717) is 25.3 Å². The average molecular weight is 183 g/mol. The second-order valence-electron chi connectivity index (χ2n) is 2.56. The molecule has 0 spiro atoms. The van der Waals surface area contributed by atoms with Crippen molar-refractivity contribution in [3.63, 3.8) is 0 Å². The second-order valence-corrected chi connectivity index (χ2v) is 2.56. The van der Waals surface area contributed by atoms with Crippen LogP contribution in [-0.4, -0.2) is 34.7 Å². The molecule has 0 radical (unpaired) electrons. The van der Waals surface area contributed by atoms with Gasteiger partial charge < -0.3 is 10.6 Å². The molecule has 1 aromatic heterocycles. The highest BCUT2D eigenvalue weighted by molar-refractivity contribution is 5.75. The van der Waals surface area contributed by atoms with Crippen molar-refractivity contribution in [2.45, 2.75) is 13.0 Å². The number of aromatic amines is 1. The molecule has 1 amide bonds. The zero-order valence-electron chi connectivity index (χ0n) is 7.50. The van der Waals surface area contributed by atoms with Crippen LogP contribution in [0.15, 0.2) is 6.33 Å². The number of carbonyl (C=O) groups is 1. The molecule has 0 aliphatic rings. The van der Waals surface area contributed by atoms with Crippen molar-refractivity contribution in [3.8, 4) is 0 Å². The van der Waals surface area contributed by atoms with Crippen LogP contribution < -0.4 is 10.6 Å². The minimum atomic E-state index is 0.00532. The first-order chi connectivity index (χ1) is 6.33. The van der Waals surface area contributed by atoms with E-state index in [-0.39, 0.29) is 5.91 Å². The van der Waals surface area contributed by atoms with E-state index in [1.807, 2.05) is 7.05 Å². The average Bonchev–Trinajstić information content (AvgIpc) is 2.64. The number of aromatic nitrogens is 3. The quantitative estimate of drug-likeness (QED) is 0.548. The number of hydrogen-bond acceptors (Lipinski definition) is 4. The molecule has 0 bridgehead atoms. The van der Waals surface area contributed by atoms with Gasteiger partial charge in [0.25, 0.3) is 0 Å². The summed E-state index contributed by atoms with van der Waals surface area (Å²) in [6.45, 7) is 1.09. The molecule has 1 aromatic rings. The predicted molar refractivity (Wildman–Crippen MR) is 46.8 cm³/mol. The molecule has 0 unspecified atom stereocenters. The van der Waals surface area contributed by atoms with Gasteiger partial charge in [0, 0.05) is 13.0 Å². The maximum absolute atomic E-state index is 11.1. The summed E-state index contributed by atoms with van der Waals surface area (Å²) in [5.74, 6) is 0.670. The summed E-state index contributed by atoms with van der Waals surface area (Å²) in [5.41, 5.74) is 0. The van der Waals surface area contributed by atoms with Gasteiger partial charge >= 0.3 is 0 Å². The van der Waals surface area contributed by atoms with Crippen molar-refractivity contribution in [1.82, 2.24) is 25.8 Å². The zero-order chi connectivity index (χ0) is 9.52. The lowest BCUT2D eigenvalue weighted by atomic mass is 10.4. The fraction of sp³-hybridized carbons (Fsp3) is 0.571. The van der Waals surface area contributed by atoms with E-state index in [1.54, 1.807) is 0 Å². The Morgan fingerprint density at radius 2 is 2.54 bits per heavy atom. The van der Waals surface area contributed by atoms with Crippen LogP contribution in [0, 0.1) is 0 Å². The third-order valence-corrected chi connectivity index (χ3v) is 1.52. The van der Waals surface area contributed by atoms with Crippen LogP contribution in [0.1, 0.15) is 12.2 Å². The molecular formula is C7H13N5O. The lowest BCUT2D eigenvalue weighted by Gasteiger charge is -2.01. The molecule has 6 heteroatoms. The summed E-state index contributed by atoms with van der Waals surface area (Å²) in [4.78, 5) is 15.0. The second kappa shape index (κ2) is 5.26. The van der Waals surface area contributed by atoms with E-state index in [1.165, 1.54) is 6.33 Å². The minimum Gasteiger partial charge on any atom is -0.349 e. The largest absolute Gasteiger partial charge is 0.349 e. The fourth-order valence-corrected chi connectivity index (χ4v) is 0.825. The maximum atomic E-state index is 11.1. The van der Waals surface area contributed by atoms with Crippen LogP contribution in [0.25, 0.3) is 0 Å². The molecule has 0 saturated heterocycles. The van der Waals surface area contributed by atoms with Crippen molar-refractivity contribution < 1.29 is 4.79 Å². The van der Waals surface area contributed by atoms with E-state index in [9.17, 15) is 4.79 Å². The molecule has 0 atom stereocenters. The third kappa shape index (κ3) is 3.66. The molecule has 1 heterocycles. The summed E-state index contributed by atoms with van der Waals surface area (Å²) < 4.78 is 0. The SMILES string of the molecule is CNCCC(=O)NCc1ncn[nH]1. The molecule has 0 aliphatic carbocycles. The monoisotopic (exact) mass is 183 g/mol. The van der Waals surface area contributed by atoms with E-state index < -0.39 is 0 Å². The van der Waals surface area contributed by atoms with Crippen molar-refractivity contribution in [3.05, 3.63) is 12.2 Å². The molecular weight excluding hydrogens is 170 g/mol. The number of carbonyl (C=O) groups excluding carboxylic acids is 1. The number of hydrogen-bond donors (Lipinski definition) is 3. The standard InChI is InChI=1S/C7H13N5O/c1-8-3-2-7(13)9-4-6-10-5-11-12-6/h5,8H,2-4H2,1H3,(H,9,13)(H,10,11,12). The normalized spacial score (nSPS) is 9.92. The highest BCUT2D eigenvalue weighted by Gasteiger charge is 2.00. The number of H-pyrrole nitrogens is 1. The number of amides is 1. The van der Waals surface area contributed by atoms with Gasteiger partial charge in [0.2, 0.25) is 5.91 Å². The Hall–Kier alpha value is -1.43. The van der Waals surface area contributed by atoms with Crippen molar-refractivity contribution in [1.29, 1.82) is 0 Å². The lowest BCUT2D eigenvalue weighted by molar-refractivity contribution is -0.121. The summed E-state index contributed by atoms with van der Waals surface area (Å²) in [6.07, 6.45) is 1.89. The van der Waals surface area contributed by atoms with Crippen molar-refractivity contribution in [2.75, 3.05) is 13.6 Å². The van der Waals surface area contributed by atoms with Crippen molar-refractivity contribution >= 4 is 5.91 Å². The minimum absolute atomic E-state index is 0.00532. The predicted octanol–water partition coefficient (Wildman–Crippen LogP) is -0.970. The molecule has 13 heavy (non-hydrogen) atoms. The van der Waals surface area contributed by atoms with Gasteiger partial charge in [-0.3, -0.25) is 9.89 Å². The van der Waals surface area contributed by atoms with Crippen LogP contribution in [0.5, 0.6) is 0 Å². The maximum Gasteiger partial charge on any atom is 0.221 e. The fourth-order valence-electron chi connectivity index (χ4n) is 0.825. The molecule has 6 nitrogen and oxygen atoms in total. The third-order valence-electron chi connectivity index (χ3n) is 1.52. The van der Waals surface area contributed by atoms with Gasteiger partial charge in [-0.2, -0.15) is 5.10 Å². The summed E-state index contributed by atoms with van der Waals surface area (Å²) in [5, 5.41) is 11.9. The lowest BCUT2D eigenvalue weighted by Crippen LogP contribution is -2.26. The molecule has 1 rings (SSSR count). The molecule has 3 N–H and O–H groups in total. The van der Waals surface area contributed by atoms with E-state index in [4.69, 9.17) is 0 Å². The first-order valence-corrected chi connectivity index (χ1v) is 4.08. The topological polar surface area (TPSA) is 82.7 Å². The smallest absolute Gasteiger partial charge is 0.221 e. The van der Waals surface area contributed by atoms with Gasteiger partial charge in [0.05, 0.1) is 6.54 Å². The van der Waals surface area contributed by atoms with E-state index in [0.717, 1.165) is 0 Å². The highest BCUT2D eigenvalue weighted by atomic mass is 16.1. The molecule has 0 saturated carbocycles. The van der Waals surface area contributed by atoms with Crippen LogP contribution >= 0.6 is 0 Å². The Labute approximate surface area is 76.1 Å². The van der Waals surface area contributed by atoms with Gasteiger partial charge in [0.1, 0.15) is 12.2 Å². The van der Waals surface area contributed by atoms with Crippen LogP contribution in [0.3, 0.4) is 0 Å². The summed E-state index contributed by atoms with van der Waals surface area (Å²) >= 11 is 0. The molecule has 0 fully saturated rings. The molecule has 0 aliphatic heterocycles. The number of nitrogens with zero attached hydrogens (tertiary/aromatic N) is 2. The van der Waals surface area contributed by atoms with Crippen LogP contribution in [0.4, 0.5) is 0 Å². The first-order valence-electron chi connectivity index (χ1n) is 4.08. The highest BCUT2D eigenvalue weighted by Crippen LogP contribution is 1.84. The van der Waals surface area contributed by atoms with Gasteiger partial charge in [-0.1, -0.05) is 0 Å². The Bertz CT molecular complexity index is 245. The van der Waals surface area contributed by atoms with Crippen LogP contribution in [-0.2, 0) is 11.3 Å². The van der Waals surface area contributed by atoms with Gasteiger partial charge in [-0.15, -0.1) is 0 Å². The Balaban J connectivity index is 2.15. The van der Waals surface area contributed by atoms with Gasteiger partial charge in [-0.25, -0.2) is 4.98 Å². The molecule has 0 aromatic carbocycles. The summed E-state index contributed by atoms with van der Waals surface area (Å²) in [6, 6.07) is 0. The zero-order valence-corrected chi connectivity index (χ0v) is 7.50. The molecule has 72 valence electrons. The van der Waals surface area contributed by atoms with E-state index >= 15 is 0 Å². The van der Waals surface area contributed by atoms with Crippen LogP contribution in [0.2, 0.25) is 0 Å². The Kier molecular flexibility index (Phi) is 3.90. The van der Waals surface area contributed by atoms with Crippen molar-refractivity contribution in [2.24, 2.45) is 0 Å².